The number of hydrogen-bond acceptors (Lipinski definition) is 2. The molecule has 24 heavy (non-hydrogen) atoms. The van der Waals surface area contributed by atoms with Crippen LogP contribution < -0.4 is 0 Å². The van der Waals surface area contributed by atoms with Crippen LogP contribution in [-0.2, 0) is 0 Å². The van der Waals surface area contributed by atoms with Gasteiger partial charge < -0.3 is 0 Å². The zero-order valence-corrected chi connectivity index (χ0v) is 20.1. The zero-order valence-electron chi connectivity index (χ0n) is 16.2. The molecule has 2 atom stereocenters. The largest absolute Gasteiger partial charge is 0.191 e. The van der Waals surface area contributed by atoms with Gasteiger partial charge in [0.05, 0.1) is 0 Å². The highest BCUT2D eigenvalue weighted by Gasteiger charge is 2.32. The molecule has 5 heteroatoms. The van der Waals surface area contributed by atoms with Gasteiger partial charge in [0.1, 0.15) is 0 Å². The topological polar surface area (TPSA) is 0 Å². The lowest BCUT2D eigenvalue weighted by atomic mass is 9.90. The van der Waals surface area contributed by atoms with Gasteiger partial charge in [-0.05, 0) is 18.8 Å². The first-order valence-electron chi connectivity index (χ1n) is 9.50. The smallest absolute Gasteiger partial charge is 0.0897 e. The van der Waals surface area contributed by atoms with Gasteiger partial charge in [0, 0.05) is 16.4 Å². The fourth-order valence-electron chi connectivity index (χ4n) is 2.72. The van der Waals surface area contributed by atoms with E-state index in [9.17, 15) is 0 Å². The van der Waals surface area contributed by atoms with E-state index in [0.29, 0.717) is 17.6 Å². The molecule has 0 N–H and O–H groups in total. The lowest BCUT2D eigenvalue weighted by Crippen LogP contribution is -2.24. The Morgan fingerprint density at radius 3 is 1.75 bits per heavy atom. The van der Waals surface area contributed by atoms with E-state index in [1.54, 1.807) is 0 Å². The molecular formula is C19H37Cl3S2. The van der Waals surface area contributed by atoms with Gasteiger partial charge in [-0.3, -0.25) is 0 Å². The molecule has 1 unspecified atom stereocenters. The molecule has 0 fully saturated rings. The third-order valence-electron chi connectivity index (χ3n) is 3.99. The highest BCUT2D eigenvalue weighted by Crippen LogP contribution is 2.47. The van der Waals surface area contributed by atoms with Crippen LogP contribution in [0.25, 0.3) is 0 Å². The minimum Gasteiger partial charge on any atom is -0.0897 e. The Bertz CT molecular complexity index is 298. The maximum Gasteiger partial charge on any atom is 0.191 e. The van der Waals surface area contributed by atoms with Crippen LogP contribution in [-0.4, -0.2) is 13.8 Å². The first-order chi connectivity index (χ1) is 11.1. The molecule has 0 nitrogen and oxygen atoms in total. The van der Waals surface area contributed by atoms with Crippen molar-refractivity contribution in [2.45, 2.75) is 113 Å². The Morgan fingerprint density at radius 1 is 0.792 bits per heavy atom. The quantitative estimate of drug-likeness (QED) is 0.160. The Labute approximate surface area is 174 Å². The molecule has 0 heterocycles. The zero-order chi connectivity index (χ0) is 18.6. The van der Waals surface area contributed by atoms with Crippen LogP contribution in [0.15, 0.2) is 0 Å². The highest BCUT2D eigenvalue weighted by atomic mass is 35.6. The van der Waals surface area contributed by atoms with Gasteiger partial charge in [-0.25, -0.2) is 0 Å². The second-order valence-electron chi connectivity index (χ2n) is 7.75. The average molecular weight is 436 g/mol. The first-order valence-corrected chi connectivity index (χ1v) is 12.8. The van der Waals surface area contributed by atoms with E-state index in [-0.39, 0.29) is 4.75 Å². The molecule has 0 amide bonds. The predicted octanol–water partition coefficient (Wildman–Crippen LogP) is 9.46. The van der Waals surface area contributed by atoms with Gasteiger partial charge in [0.25, 0.3) is 0 Å². The van der Waals surface area contributed by atoms with Crippen LogP contribution in [0.5, 0.6) is 0 Å². The number of hydrogen-bond donors (Lipinski definition) is 0. The van der Waals surface area contributed by atoms with Crippen molar-refractivity contribution in [2.24, 2.45) is 5.92 Å². The summed E-state index contributed by atoms with van der Waals surface area (Å²) in [6, 6.07) is 0. The molecular weight excluding hydrogens is 399 g/mol. The summed E-state index contributed by atoms with van der Waals surface area (Å²) < 4.78 is -0.921. The molecule has 0 aromatic rings. The van der Waals surface area contributed by atoms with Crippen molar-refractivity contribution < 1.29 is 0 Å². The van der Waals surface area contributed by atoms with Gasteiger partial charge in [-0.1, -0.05) is 136 Å². The standard InChI is InChI=1S/C19H37Cl3S2/c1-6-8-10-12-14-16(13-11-9-7-2)17(15-19(20,21)22)23-24-18(3,4)5/h16-17H,6-15H2,1-5H3/t16?,17-/m1/s1. The highest BCUT2D eigenvalue weighted by molar-refractivity contribution is 8.77. The Morgan fingerprint density at radius 2 is 1.29 bits per heavy atom. The van der Waals surface area contributed by atoms with Gasteiger partial charge in [-0.15, -0.1) is 0 Å². The Balaban J connectivity index is 4.83. The summed E-state index contributed by atoms with van der Waals surface area (Å²) in [7, 11) is 3.88. The van der Waals surface area contributed by atoms with Crippen molar-refractivity contribution >= 4 is 56.4 Å². The lowest BCUT2D eigenvalue weighted by molar-refractivity contribution is 0.388. The number of halogens is 3. The predicted molar refractivity (Wildman–Crippen MR) is 120 cm³/mol. The van der Waals surface area contributed by atoms with E-state index in [1.807, 2.05) is 21.6 Å². The van der Waals surface area contributed by atoms with Gasteiger partial charge in [0.2, 0.25) is 0 Å². The summed E-state index contributed by atoms with van der Waals surface area (Å²) >= 11 is 18.5. The third-order valence-corrected chi connectivity index (χ3v) is 8.38. The molecule has 0 aromatic heterocycles. The van der Waals surface area contributed by atoms with Crippen molar-refractivity contribution in [1.82, 2.24) is 0 Å². The number of unbranched alkanes of at least 4 members (excludes halogenated alkanes) is 5. The van der Waals surface area contributed by atoms with Crippen LogP contribution >= 0.6 is 56.4 Å². The van der Waals surface area contributed by atoms with Crippen molar-refractivity contribution in [3.8, 4) is 0 Å². The maximum atomic E-state index is 6.18. The van der Waals surface area contributed by atoms with Crippen molar-refractivity contribution in [3.05, 3.63) is 0 Å². The van der Waals surface area contributed by atoms with Gasteiger partial charge >= 0.3 is 0 Å². The lowest BCUT2D eigenvalue weighted by Gasteiger charge is -2.31. The summed E-state index contributed by atoms with van der Waals surface area (Å²) in [4.78, 5) is 0. The maximum absolute atomic E-state index is 6.18. The minimum atomic E-state index is -1.15. The third kappa shape index (κ3) is 15.8. The molecule has 0 aromatic carbocycles. The molecule has 0 aliphatic carbocycles. The van der Waals surface area contributed by atoms with Crippen molar-refractivity contribution in [2.75, 3.05) is 0 Å². The summed E-state index contributed by atoms with van der Waals surface area (Å²) in [6.45, 7) is 11.3. The molecule has 0 aliphatic heterocycles. The molecule has 0 radical (unpaired) electrons. The van der Waals surface area contributed by atoms with Gasteiger partial charge in [0.15, 0.2) is 3.79 Å². The molecule has 0 rings (SSSR count). The summed E-state index contributed by atoms with van der Waals surface area (Å²) in [6.07, 6.45) is 12.3. The van der Waals surface area contributed by atoms with E-state index in [2.05, 4.69) is 34.6 Å². The van der Waals surface area contributed by atoms with Crippen LogP contribution in [0, 0.1) is 5.92 Å². The van der Waals surface area contributed by atoms with E-state index < -0.39 is 3.79 Å². The monoisotopic (exact) mass is 434 g/mol. The average Bonchev–Trinajstić information content (AvgIpc) is 2.44. The normalized spacial score (nSPS) is 15.5. The first kappa shape index (κ1) is 25.6. The molecule has 146 valence electrons. The van der Waals surface area contributed by atoms with Crippen LogP contribution in [0.3, 0.4) is 0 Å². The Kier molecular flexibility index (Phi) is 14.6. The van der Waals surface area contributed by atoms with E-state index in [1.165, 1.54) is 57.8 Å². The summed E-state index contributed by atoms with van der Waals surface area (Å²) in [5.41, 5.74) is 0. The number of rotatable bonds is 13. The van der Waals surface area contributed by atoms with Crippen LogP contribution in [0.4, 0.5) is 0 Å². The fourth-order valence-corrected chi connectivity index (χ4v) is 6.56. The van der Waals surface area contributed by atoms with Crippen LogP contribution in [0.2, 0.25) is 0 Å². The molecule has 0 bridgehead atoms. The second-order valence-corrected chi connectivity index (χ2v) is 13.5. The van der Waals surface area contributed by atoms with E-state index >= 15 is 0 Å². The summed E-state index contributed by atoms with van der Waals surface area (Å²) in [5, 5.41) is 0.417. The SMILES string of the molecule is CCCCCCC(CCCCC)[C@@H](CC(Cl)(Cl)Cl)SSC(C)(C)C. The Hall–Kier alpha value is 1.57. The molecule has 0 saturated heterocycles. The number of alkyl halides is 3. The molecule has 0 saturated carbocycles. The molecule has 0 spiro atoms. The second kappa shape index (κ2) is 13.7. The fraction of sp³-hybridized carbons (Fsp3) is 1.00. The van der Waals surface area contributed by atoms with Gasteiger partial charge in [-0.2, -0.15) is 0 Å². The minimum absolute atomic E-state index is 0.229. The van der Waals surface area contributed by atoms with Crippen molar-refractivity contribution in [1.29, 1.82) is 0 Å². The van der Waals surface area contributed by atoms with Crippen LogP contribution in [0.1, 0.15) is 98.8 Å². The molecule has 0 aliphatic rings. The van der Waals surface area contributed by atoms with Crippen molar-refractivity contribution in [3.63, 3.8) is 0 Å². The summed E-state index contributed by atoms with van der Waals surface area (Å²) in [5.74, 6) is 0.656. The van der Waals surface area contributed by atoms with E-state index in [4.69, 9.17) is 34.8 Å². The van der Waals surface area contributed by atoms with E-state index in [0.717, 1.165) is 0 Å².